The standard InChI is InChI=1S/C25H29NO2/c27-13-12-17-4-6-18(7-5-17)21-2-1-3-22(14-21)25(28)26-15-23-19-8-9-20(11-10-19)24(23)16-26/h1-7,14,19-20,23-24,27H,8-13,15-16H2/t19?,20?,23-,24+. The molecule has 4 fully saturated rings. The Morgan fingerprint density at radius 2 is 1.54 bits per heavy atom. The lowest BCUT2D eigenvalue weighted by molar-refractivity contribution is 0.0577. The summed E-state index contributed by atoms with van der Waals surface area (Å²) in [5.41, 5.74) is 4.14. The van der Waals surface area contributed by atoms with E-state index in [9.17, 15) is 4.79 Å². The number of benzene rings is 2. The van der Waals surface area contributed by atoms with Gasteiger partial charge in [-0.25, -0.2) is 0 Å². The maximum absolute atomic E-state index is 13.2. The van der Waals surface area contributed by atoms with Gasteiger partial charge in [0, 0.05) is 25.3 Å². The van der Waals surface area contributed by atoms with Crippen molar-refractivity contribution in [2.45, 2.75) is 32.1 Å². The normalized spacial score (nSPS) is 28.4. The highest BCUT2D eigenvalue weighted by molar-refractivity contribution is 5.95. The number of hydrogen-bond donors (Lipinski definition) is 1. The number of likely N-dealkylation sites (tertiary alicyclic amines) is 1. The van der Waals surface area contributed by atoms with Crippen molar-refractivity contribution in [3.63, 3.8) is 0 Å². The number of carbonyl (C=O) groups excluding carboxylic acids is 1. The molecule has 1 heterocycles. The summed E-state index contributed by atoms with van der Waals surface area (Å²) in [7, 11) is 0. The second-order valence-corrected chi connectivity index (χ2v) is 8.96. The van der Waals surface area contributed by atoms with Gasteiger partial charge in [-0.1, -0.05) is 36.4 Å². The lowest BCUT2D eigenvalue weighted by Gasteiger charge is -2.44. The molecule has 4 aliphatic rings. The highest BCUT2D eigenvalue weighted by Crippen LogP contribution is 2.52. The molecular weight excluding hydrogens is 346 g/mol. The Morgan fingerprint density at radius 1 is 0.893 bits per heavy atom. The molecule has 3 saturated carbocycles. The van der Waals surface area contributed by atoms with Gasteiger partial charge >= 0.3 is 0 Å². The Kier molecular flexibility index (Phi) is 4.72. The Bertz CT molecular complexity index is 831. The Morgan fingerprint density at radius 3 is 2.14 bits per heavy atom. The largest absolute Gasteiger partial charge is 0.396 e. The predicted molar refractivity (Wildman–Crippen MR) is 111 cm³/mol. The van der Waals surface area contributed by atoms with Gasteiger partial charge < -0.3 is 10.0 Å². The van der Waals surface area contributed by atoms with E-state index in [1.54, 1.807) is 0 Å². The molecule has 0 radical (unpaired) electrons. The molecule has 6 rings (SSSR count). The number of hydrogen-bond acceptors (Lipinski definition) is 2. The number of nitrogens with zero attached hydrogens (tertiary/aromatic N) is 1. The fraction of sp³-hybridized carbons (Fsp3) is 0.480. The first-order valence-corrected chi connectivity index (χ1v) is 10.8. The van der Waals surface area contributed by atoms with E-state index in [0.29, 0.717) is 6.42 Å². The van der Waals surface area contributed by atoms with Crippen molar-refractivity contribution >= 4 is 5.91 Å². The third-order valence-electron chi connectivity index (χ3n) is 7.52. The Labute approximate surface area is 167 Å². The van der Waals surface area contributed by atoms with E-state index in [4.69, 9.17) is 5.11 Å². The third-order valence-corrected chi connectivity index (χ3v) is 7.52. The van der Waals surface area contributed by atoms with Crippen LogP contribution in [0.4, 0.5) is 0 Å². The molecule has 3 aliphatic carbocycles. The van der Waals surface area contributed by atoms with Gasteiger partial charge in [-0.3, -0.25) is 4.79 Å². The number of amides is 1. The summed E-state index contributed by atoms with van der Waals surface area (Å²) in [4.78, 5) is 15.4. The zero-order valence-electron chi connectivity index (χ0n) is 16.4. The first-order chi connectivity index (χ1) is 13.7. The fourth-order valence-corrected chi connectivity index (χ4v) is 6.03. The van der Waals surface area contributed by atoms with Crippen LogP contribution in [0.2, 0.25) is 0 Å². The van der Waals surface area contributed by atoms with E-state index in [1.165, 1.54) is 25.7 Å². The molecule has 2 aromatic carbocycles. The molecule has 2 atom stereocenters. The van der Waals surface area contributed by atoms with Crippen LogP contribution in [-0.4, -0.2) is 35.6 Å². The van der Waals surface area contributed by atoms with Crippen LogP contribution in [0, 0.1) is 23.7 Å². The molecule has 1 N–H and O–H groups in total. The number of fused-ring (bicyclic) bond motifs is 2. The molecule has 1 aliphatic heterocycles. The van der Waals surface area contributed by atoms with E-state index >= 15 is 0 Å². The minimum Gasteiger partial charge on any atom is -0.396 e. The van der Waals surface area contributed by atoms with Crippen molar-refractivity contribution in [2.24, 2.45) is 23.7 Å². The quantitative estimate of drug-likeness (QED) is 0.861. The lowest BCUT2D eigenvalue weighted by atomic mass is 9.60. The van der Waals surface area contributed by atoms with Gasteiger partial charge in [0.25, 0.3) is 5.91 Å². The number of aliphatic hydroxyl groups excluding tert-OH is 1. The van der Waals surface area contributed by atoms with Crippen molar-refractivity contribution in [3.05, 3.63) is 59.7 Å². The van der Waals surface area contributed by atoms with E-state index in [0.717, 1.165) is 59.0 Å². The molecule has 0 aromatic heterocycles. The topological polar surface area (TPSA) is 40.5 Å². The summed E-state index contributed by atoms with van der Waals surface area (Å²) in [6.07, 6.45) is 6.22. The average Bonchev–Trinajstić information content (AvgIpc) is 3.23. The first kappa shape index (κ1) is 17.9. The van der Waals surface area contributed by atoms with Crippen LogP contribution in [0.3, 0.4) is 0 Å². The molecule has 1 saturated heterocycles. The minimum absolute atomic E-state index is 0.170. The van der Waals surface area contributed by atoms with E-state index in [2.05, 4.69) is 35.2 Å². The van der Waals surface area contributed by atoms with Gasteiger partial charge in [-0.2, -0.15) is 0 Å². The third kappa shape index (κ3) is 3.16. The predicted octanol–water partition coefficient (Wildman–Crippen LogP) is 4.40. The molecule has 0 spiro atoms. The minimum atomic E-state index is 0.170. The molecular formula is C25H29NO2. The zero-order chi connectivity index (χ0) is 19.1. The van der Waals surface area contributed by atoms with Gasteiger partial charge in [0.05, 0.1) is 0 Å². The van der Waals surface area contributed by atoms with Crippen molar-refractivity contribution in [3.8, 4) is 11.1 Å². The van der Waals surface area contributed by atoms with Crippen LogP contribution in [0.5, 0.6) is 0 Å². The second-order valence-electron chi connectivity index (χ2n) is 8.96. The van der Waals surface area contributed by atoms with Crippen LogP contribution >= 0.6 is 0 Å². The summed E-state index contributed by atoms with van der Waals surface area (Å²) < 4.78 is 0. The van der Waals surface area contributed by atoms with Crippen molar-refractivity contribution < 1.29 is 9.90 Å². The summed E-state index contributed by atoms with van der Waals surface area (Å²) in [5, 5.41) is 9.08. The molecule has 28 heavy (non-hydrogen) atoms. The number of aliphatic hydroxyl groups is 1. The van der Waals surface area contributed by atoms with Crippen LogP contribution in [0.1, 0.15) is 41.6 Å². The van der Waals surface area contributed by atoms with Crippen molar-refractivity contribution in [2.75, 3.05) is 19.7 Å². The molecule has 0 unspecified atom stereocenters. The summed E-state index contributed by atoms with van der Waals surface area (Å²) in [6, 6.07) is 16.3. The van der Waals surface area contributed by atoms with Crippen LogP contribution in [0.15, 0.2) is 48.5 Å². The number of carbonyl (C=O) groups is 1. The lowest BCUT2D eigenvalue weighted by Crippen LogP contribution is -2.38. The van der Waals surface area contributed by atoms with Gasteiger partial charge in [0.1, 0.15) is 0 Å². The van der Waals surface area contributed by atoms with E-state index in [1.807, 2.05) is 18.2 Å². The molecule has 146 valence electrons. The average molecular weight is 376 g/mol. The molecule has 3 nitrogen and oxygen atoms in total. The first-order valence-electron chi connectivity index (χ1n) is 10.8. The smallest absolute Gasteiger partial charge is 0.253 e. The van der Waals surface area contributed by atoms with Gasteiger partial charge in [-0.05, 0) is 84.6 Å². The van der Waals surface area contributed by atoms with Crippen molar-refractivity contribution in [1.82, 2.24) is 4.90 Å². The van der Waals surface area contributed by atoms with E-state index < -0.39 is 0 Å². The molecule has 2 bridgehead atoms. The fourth-order valence-electron chi connectivity index (χ4n) is 6.03. The van der Waals surface area contributed by atoms with Gasteiger partial charge in [0.15, 0.2) is 0 Å². The molecule has 2 aromatic rings. The van der Waals surface area contributed by atoms with Crippen LogP contribution in [-0.2, 0) is 6.42 Å². The maximum Gasteiger partial charge on any atom is 0.253 e. The Balaban J connectivity index is 1.34. The maximum atomic E-state index is 13.2. The zero-order valence-corrected chi connectivity index (χ0v) is 16.4. The number of rotatable bonds is 4. The van der Waals surface area contributed by atoms with E-state index in [-0.39, 0.29) is 12.5 Å². The van der Waals surface area contributed by atoms with Crippen LogP contribution in [0.25, 0.3) is 11.1 Å². The monoisotopic (exact) mass is 375 g/mol. The Hall–Kier alpha value is -2.13. The van der Waals surface area contributed by atoms with Crippen LogP contribution < -0.4 is 0 Å². The van der Waals surface area contributed by atoms with Crippen molar-refractivity contribution in [1.29, 1.82) is 0 Å². The summed E-state index contributed by atoms with van der Waals surface area (Å²) >= 11 is 0. The highest BCUT2D eigenvalue weighted by Gasteiger charge is 2.49. The summed E-state index contributed by atoms with van der Waals surface area (Å²) in [5.74, 6) is 3.41. The molecule has 3 heteroatoms. The molecule has 1 amide bonds. The summed E-state index contributed by atoms with van der Waals surface area (Å²) in [6.45, 7) is 2.10. The second kappa shape index (κ2) is 7.36. The van der Waals surface area contributed by atoms with Gasteiger partial charge in [-0.15, -0.1) is 0 Å². The van der Waals surface area contributed by atoms with Gasteiger partial charge in [0.2, 0.25) is 0 Å². The SMILES string of the molecule is O=C(c1cccc(-c2ccc(CCO)cc2)c1)N1C[C@@H]2C3CCC(CC3)[C@@H]2C1. The highest BCUT2D eigenvalue weighted by atomic mass is 16.3.